The number of carbonyl (C=O) groups is 2. The van der Waals surface area contributed by atoms with Crippen molar-refractivity contribution in [2.75, 3.05) is 41.7 Å². The molecular formula is C33H35F6N5O2. The number of piperazine rings is 1. The third kappa shape index (κ3) is 8.71. The van der Waals surface area contributed by atoms with Crippen molar-refractivity contribution in [3.05, 3.63) is 89.0 Å². The summed E-state index contributed by atoms with van der Waals surface area (Å²) < 4.78 is 79.7. The van der Waals surface area contributed by atoms with Gasteiger partial charge >= 0.3 is 18.4 Å². The Hall–Kier alpha value is -4.26. The molecule has 1 aliphatic carbocycles. The number of hydrogen-bond donors (Lipinski definition) is 3. The Kier molecular flexibility index (Phi) is 10.1. The second-order valence-corrected chi connectivity index (χ2v) is 11.7. The monoisotopic (exact) mass is 647 g/mol. The van der Waals surface area contributed by atoms with E-state index in [0.717, 1.165) is 51.7 Å². The summed E-state index contributed by atoms with van der Waals surface area (Å²) in [4.78, 5) is 30.8. The Bertz CT molecular complexity index is 1480. The van der Waals surface area contributed by atoms with Crippen LogP contribution in [0.5, 0.6) is 0 Å². The van der Waals surface area contributed by atoms with Crippen LogP contribution < -0.4 is 20.9 Å². The molecule has 2 fully saturated rings. The van der Waals surface area contributed by atoms with Gasteiger partial charge in [-0.3, -0.25) is 9.69 Å². The Morgan fingerprint density at radius 2 is 1.33 bits per heavy atom. The minimum absolute atomic E-state index is 0.0134. The number of carbonyl (C=O) groups excluding carboxylic acids is 2. The molecule has 0 bridgehead atoms. The molecule has 3 aromatic carbocycles. The van der Waals surface area contributed by atoms with Crippen molar-refractivity contribution >= 4 is 29.0 Å². The van der Waals surface area contributed by atoms with Gasteiger partial charge < -0.3 is 20.9 Å². The summed E-state index contributed by atoms with van der Waals surface area (Å²) in [7, 11) is 0. The summed E-state index contributed by atoms with van der Waals surface area (Å²) in [6.45, 7) is 3.63. The first-order chi connectivity index (χ1) is 21.8. The molecule has 246 valence electrons. The third-order valence-electron chi connectivity index (χ3n) is 8.25. The van der Waals surface area contributed by atoms with Gasteiger partial charge in [0.15, 0.2) is 0 Å². The molecule has 1 saturated carbocycles. The Labute approximate surface area is 262 Å². The molecule has 3 N–H and O–H groups in total. The molecule has 7 nitrogen and oxygen atoms in total. The zero-order chi connectivity index (χ0) is 32.9. The number of hydrogen-bond acceptors (Lipinski definition) is 4. The molecule has 5 rings (SSSR count). The molecule has 0 spiro atoms. The first-order valence-corrected chi connectivity index (χ1v) is 15.2. The van der Waals surface area contributed by atoms with Crippen molar-refractivity contribution in [3.63, 3.8) is 0 Å². The topological polar surface area (TPSA) is 76.7 Å². The van der Waals surface area contributed by atoms with Crippen LogP contribution in [0, 0.1) is 0 Å². The molecule has 1 aliphatic heterocycles. The van der Waals surface area contributed by atoms with Gasteiger partial charge in [0.05, 0.1) is 16.7 Å². The number of alkyl halides is 6. The molecule has 1 saturated heterocycles. The molecule has 46 heavy (non-hydrogen) atoms. The number of urea groups is 1. The van der Waals surface area contributed by atoms with Gasteiger partial charge in [-0.05, 0) is 54.8 Å². The van der Waals surface area contributed by atoms with Crippen LogP contribution in [-0.2, 0) is 18.9 Å². The van der Waals surface area contributed by atoms with E-state index in [1.807, 2.05) is 18.2 Å². The van der Waals surface area contributed by atoms with Gasteiger partial charge in [0.25, 0.3) is 5.91 Å². The minimum atomic E-state index is -5.06. The highest BCUT2D eigenvalue weighted by Crippen LogP contribution is 2.37. The number of nitrogens with zero attached hydrogens (tertiary/aromatic N) is 2. The van der Waals surface area contributed by atoms with E-state index in [4.69, 9.17) is 0 Å². The van der Waals surface area contributed by atoms with Gasteiger partial charge in [-0.25, -0.2) is 4.79 Å². The molecule has 1 heterocycles. The Morgan fingerprint density at radius 1 is 0.717 bits per heavy atom. The van der Waals surface area contributed by atoms with Crippen molar-refractivity contribution in [1.29, 1.82) is 0 Å². The van der Waals surface area contributed by atoms with Gasteiger partial charge in [0, 0.05) is 55.8 Å². The van der Waals surface area contributed by atoms with E-state index < -0.39 is 35.2 Å². The van der Waals surface area contributed by atoms with Gasteiger partial charge in [0.1, 0.15) is 0 Å². The lowest BCUT2D eigenvalue weighted by atomic mass is 9.95. The van der Waals surface area contributed by atoms with Crippen LogP contribution in [0.2, 0.25) is 0 Å². The van der Waals surface area contributed by atoms with Crippen LogP contribution in [0.3, 0.4) is 0 Å². The molecule has 0 unspecified atom stereocenters. The second kappa shape index (κ2) is 14.0. The average molecular weight is 648 g/mol. The second-order valence-electron chi connectivity index (χ2n) is 11.7. The predicted octanol–water partition coefficient (Wildman–Crippen LogP) is 7.75. The molecule has 13 heteroatoms. The lowest BCUT2D eigenvalue weighted by molar-refractivity contribution is -0.143. The maximum absolute atomic E-state index is 13.6. The zero-order valence-corrected chi connectivity index (χ0v) is 25.0. The van der Waals surface area contributed by atoms with E-state index in [0.29, 0.717) is 36.5 Å². The number of rotatable bonds is 7. The zero-order valence-electron chi connectivity index (χ0n) is 25.0. The first-order valence-electron chi connectivity index (χ1n) is 15.2. The van der Waals surface area contributed by atoms with Crippen molar-refractivity contribution in [2.45, 2.75) is 57.0 Å². The fraction of sp³-hybridized carbons (Fsp3) is 0.394. The maximum Gasteiger partial charge on any atom is 0.416 e. The van der Waals surface area contributed by atoms with Crippen molar-refractivity contribution in [2.24, 2.45) is 0 Å². The minimum Gasteiger partial charge on any atom is -0.368 e. The summed E-state index contributed by atoms with van der Waals surface area (Å²) in [6.07, 6.45) is -5.28. The van der Waals surface area contributed by atoms with Crippen molar-refractivity contribution in [3.8, 4) is 0 Å². The lowest BCUT2D eigenvalue weighted by Gasteiger charge is -2.37. The largest absolute Gasteiger partial charge is 0.416 e. The molecular weight excluding hydrogens is 612 g/mol. The van der Waals surface area contributed by atoms with Crippen LogP contribution in [0.15, 0.2) is 66.7 Å². The highest BCUT2D eigenvalue weighted by atomic mass is 19.4. The molecule has 3 amide bonds. The van der Waals surface area contributed by atoms with Crippen molar-refractivity contribution in [1.82, 2.24) is 10.2 Å². The highest BCUT2D eigenvalue weighted by Gasteiger charge is 2.37. The Morgan fingerprint density at radius 3 is 1.93 bits per heavy atom. The van der Waals surface area contributed by atoms with Gasteiger partial charge in [-0.15, -0.1) is 0 Å². The van der Waals surface area contributed by atoms with Crippen LogP contribution in [-0.4, -0.2) is 49.1 Å². The molecule has 3 aromatic rings. The fourth-order valence-electron chi connectivity index (χ4n) is 5.89. The summed E-state index contributed by atoms with van der Waals surface area (Å²) in [6, 6.07) is 14.6. The number of amides is 3. The number of benzene rings is 3. The lowest BCUT2D eigenvalue weighted by Crippen LogP contribution is -2.46. The van der Waals surface area contributed by atoms with E-state index in [1.165, 1.54) is 11.6 Å². The normalized spacial score (nSPS) is 16.6. The highest BCUT2D eigenvalue weighted by molar-refractivity contribution is 6.04. The van der Waals surface area contributed by atoms with Crippen LogP contribution in [0.4, 0.5) is 48.2 Å². The van der Waals surface area contributed by atoms with Gasteiger partial charge in [-0.1, -0.05) is 49.6 Å². The number of anilines is 3. The van der Waals surface area contributed by atoms with E-state index in [-0.39, 0.29) is 23.7 Å². The Balaban J connectivity index is 1.33. The smallest absolute Gasteiger partial charge is 0.368 e. The van der Waals surface area contributed by atoms with Crippen LogP contribution >= 0.6 is 0 Å². The van der Waals surface area contributed by atoms with Crippen LogP contribution in [0.25, 0.3) is 0 Å². The summed E-state index contributed by atoms with van der Waals surface area (Å²) in [5.41, 5.74) is -1.43. The summed E-state index contributed by atoms with van der Waals surface area (Å²) in [5.74, 6) is -0.314. The van der Waals surface area contributed by atoms with Crippen LogP contribution in [0.1, 0.15) is 59.2 Å². The number of nitrogens with one attached hydrogen (secondary N) is 3. The number of halogens is 6. The quantitative estimate of drug-likeness (QED) is 0.229. The van der Waals surface area contributed by atoms with E-state index >= 15 is 0 Å². The molecule has 2 aliphatic rings. The SMILES string of the molecule is O=C(Nc1cc(C(F)(F)F)cc(C(F)(F)F)c1)Nc1ccc(N2CCN(Cc3ccccc3)CC2)c(C(=O)NC2CCCCC2)c1. The standard InChI is InChI=1S/C33H35F6N5O2/c34-32(35,36)23-17-24(33(37,38)39)19-27(18-23)42-31(46)41-26-11-12-29(28(20-26)30(45)40-25-9-5-2-6-10-25)44-15-13-43(14-16-44)21-22-7-3-1-4-8-22/h1,3-4,7-8,11-12,17-20,25H,2,5-6,9-10,13-16,21H2,(H,40,45)(H2,41,42,46). The molecule has 0 aromatic heterocycles. The third-order valence-corrected chi connectivity index (χ3v) is 8.25. The molecule has 0 atom stereocenters. The maximum atomic E-state index is 13.6. The summed E-state index contributed by atoms with van der Waals surface area (Å²) >= 11 is 0. The van der Waals surface area contributed by atoms with E-state index in [9.17, 15) is 35.9 Å². The fourth-order valence-corrected chi connectivity index (χ4v) is 5.89. The summed E-state index contributed by atoms with van der Waals surface area (Å²) in [5, 5.41) is 7.62. The predicted molar refractivity (Wildman–Crippen MR) is 164 cm³/mol. The van der Waals surface area contributed by atoms with Gasteiger partial charge in [0.2, 0.25) is 0 Å². The van der Waals surface area contributed by atoms with Crippen molar-refractivity contribution < 1.29 is 35.9 Å². The van der Waals surface area contributed by atoms with E-state index in [1.54, 1.807) is 12.1 Å². The van der Waals surface area contributed by atoms with E-state index in [2.05, 4.69) is 37.9 Å². The average Bonchev–Trinajstić information content (AvgIpc) is 3.01. The van der Waals surface area contributed by atoms with Gasteiger partial charge in [-0.2, -0.15) is 26.3 Å². The first kappa shape index (κ1) is 33.1. The molecule has 0 radical (unpaired) electrons.